The van der Waals surface area contributed by atoms with Gasteiger partial charge in [-0.1, -0.05) is 12.1 Å². The number of piperidine rings is 1. The molecule has 0 aliphatic carbocycles. The van der Waals surface area contributed by atoms with E-state index < -0.39 is 0 Å². The zero-order chi connectivity index (χ0) is 17.8. The lowest BCUT2D eigenvalue weighted by Gasteiger charge is -2.35. The standard InChI is InChI=1S/C20H32N4O/c1-15(2)23-11-8-17(9-12-23)22-18-6-3-5-16(13-18)14-24-10-4-7-19(24)20(21)25/h3,5-6,13,15,17,19,22H,4,7-12,14H2,1-2H3,(H2,21,25). The molecule has 2 aliphatic heterocycles. The molecular weight excluding hydrogens is 312 g/mol. The lowest BCUT2D eigenvalue weighted by atomic mass is 10.0. The summed E-state index contributed by atoms with van der Waals surface area (Å²) in [4.78, 5) is 16.3. The smallest absolute Gasteiger partial charge is 0.234 e. The molecule has 25 heavy (non-hydrogen) atoms. The van der Waals surface area contributed by atoms with E-state index in [1.165, 1.54) is 37.2 Å². The van der Waals surface area contributed by atoms with E-state index >= 15 is 0 Å². The van der Waals surface area contributed by atoms with Crippen LogP contribution < -0.4 is 11.1 Å². The molecule has 1 amide bonds. The molecule has 0 bridgehead atoms. The van der Waals surface area contributed by atoms with E-state index in [1.807, 2.05) is 0 Å². The fourth-order valence-corrected chi connectivity index (χ4v) is 4.13. The third kappa shape index (κ3) is 4.73. The van der Waals surface area contributed by atoms with Crippen molar-refractivity contribution in [1.29, 1.82) is 0 Å². The highest BCUT2D eigenvalue weighted by Gasteiger charge is 2.28. The summed E-state index contributed by atoms with van der Waals surface area (Å²) in [5.74, 6) is -0.191. The Morgan fingerprint density at radius 1 is 1.24 bits per heavy atom. The molecule has 138 valence electrons. The number of nitrogens with zero attached hydrogens (tertiary/aromatic N) is 2. The minimum Gasteiger partial charge on any atom is -0.382 e. The molecule has 1 aromatic rings. The number of rotatable bonds is 6. The second-order valence-corrected chi connectivity index (χ2v) is 7.78. The van der Waals surface area contributed by atoms with Gasteiger partial charge in [-0.2, -0.15) is 0 Å². The summed E-state index contributed by atoms with van der Waals surface area (Å²) in [5.41, 5.74) is 7.97. The summed E-state index contributed by atoms with van der Waals surface area (Å²) < 4.78 is 0. The highest BCUT2D eigenvalue weighted by Crippen LogP contribution is 2.23. The third-order valence-corrected chi connectivity index (χ3v) is 5.64. The quantitative estimate of drug-likeness (QED) is 0.832. The molecule has 1 atom stereocenters. The number of carbonyl (C=O) groups excluding carboxylic acids is 1. The number of nitrogens with two attached hydrogens (primary N) is 1. The Balaban J connectivity index is 1.56. The molecule has 5 heteroatoms. The van der Waals surface area contributed by atoms with Crippen molar-refractivity contribution in [3.05, 3.63) is 29.8 Å². The van der Waals surface area contributed by atoms with Crippen molar-refractivity contribution in [3.8, 4) is 0 Å². The molecule has 0 aromatic heterocycles. The minimum atomic E-state index is -0.191. The van der Waals surface area contributed by atoms with Gasteiger partial charge >= 0.3 is 0 Å². The van der Waals surface area contributed by atoms with Crippen molar-refractivity contribution < 1.29 is 4.79 Å². The minimum absolute atomic E-state index is 0.100. The van der Waals surface area contributed by atoms with Crippen molar-refractivity contribution in [3.63, 3.8) is 0 Å². The lowest BCUT2D eigenvalue weighted by Crippen LogP contribution is -2.42. The van der Waals surface area contributed by atoms with Crippen LogP contribution in [-0.2, 0) is 11.3 Å². The summed E-state index contributed by atoms with van der Waals surface area (Å²) in [6.07, 6.45) is 4.33. The van der Waals surface area contributed by atoms with Crippen LogP contribution in [0.1, 0.15) is 45.1 Å². The van der Waals surface area contributed by atoms with Gasteiger partial charge in [0.2, 0.25) is 5.91 Å². The van der Waals surface area contributed by atoms with Crippen LogP contribution in [0.5, 0.6) is 0 Å². The Morgan fingerprint density at radius 2 is 2.00 bits per heavy atom. The summed E-state index contributed by atoms with van der Waals surface area (Å²) in [5, 5.41) is 3.70. The molecule has 3 N–H and O–H groups in total. The van der Waals surface area contributed by atoms with E-state index in [4.69, 9.17) is 5.73 Å². The maximum absolute atomic E-state index is 11.6. The lowest BCUT2D eigenvalue weighted by molar-refractivity contribution is -0.122. The van der Waals surface area contributed by atoms with Gasteiger partial charge in [-0.05, 0) is 63.8 Å². The fraction of sp³-hybridized carbons (Fsp3) is 0.650. The van der Waals surface area contributed by atoms with Crippen molar-refractivity contribution in [1.82, 2.24) is 9.80 Å². The maximum Gasteiger partial charge on any atom is 0.234 e. The van der Waals surface area contributed by atoms with Crippen LogP contribution in [-0.4, -0.2) is 53.5 Å². The van der Waals surface area contributed by atoms with Gasteiger partial charge in [0.25, 0.3) is 0 Å². The van der Waals surface area contributed by atoms with Crippen LogP contribution >= 0.6 is 0 Å². The summed E-state index contributed by atoms with van der Waals surface area (Å²) in [6, 6.07) is 9.72. The Bertz CT molecular complexity index is 581. The molecule has 2 fully saturated rings. The number of benzene rings is 1. The number of amides is 1. The monoisotopic (exact) mass is 344 g/mol. The van der Waals surface area contributed by atoms with Crippen molar-refractivity contribution in [2.45, 2.75) is 64.2 Å². The predicted octanol–water partition coefficient (Wildman–Crippen LogP) is 2.42. The van der Waals surface area contributed by atoms with Gasteiger partial charge in [0.15, 0.2) is 0 Å². The second-order valence-electron chi connectivity index (χ2n) is 7.78. The van der Waals surface area contributed by atoms with Gasteiger partial charge in [-0.3, -0.25) is 9.69 Å². The maximum atomic E-state index is 11.6. The highest BCUT2D eigenvalue weighted by molar-refractivity contribution is 5.80. The molecule has 0 radical (unpaired) electrons. The Kier molecular flexibility index (Phi) is 5.97. The van der Waals surface area contributed by atoms with Gasteiger partial charge in [-0.15, -0.1) is 0 Å². The van der Waals surface area contributed by atoms with E-state index in [9.17, 15) is 4.79 Å². The highest BCUT2D eigenvalue weighted by atomic mass is 16.1. The summed E-state index contributed by atoms with van der Waals surface area (Å²) >= 11 is 0. The second kappa shape index (κ2) is 8.19. The Morgan fingerprint density at radius 3 is 2.68 bits per heavy atom. The number of carbonyl (C=O) groups is 1. The van der Waals surface area contributed by atoms with Crippen LogP contribution in [0, 0.1) is 0 Å². The fourth-order valence-electron chi connectivity index (χ4n) is 4.13. The van der Waals surface area contributed by atoms with Crippen LogP contribution in [0.15, 0.2) is 24.3 Å². The first-order valence-electron chi connectivity index (χ1n) is 9.66. The van der Waals surface area contributed by atoms with Crippen LogP contribution in [0.4, 0.5) is 5.69 Å². The number of nitrogens with one attached hydrogen (secondary N) is 1. The van der Waals surface area contributed by atoms with Gasteiger partial charge in [0.05, 0.1) is 6.04 Å². The molecule has 3 rings (SSSR count). The average molecular weight is 345 g/mol. The van der Waals surface area contributed by atoms with E-state index in [1.54, 1.807) is 0 Å². The van der Waals surface area contributed by atoms with E-state index in [2.05, 4.69) is 53.2 Å². The van der Waals surface area contributed by atoms with E-state index in [0.717, 1.165) is 25.9 Å². The number of anilines is 1. The number of hydrogen-bond donors (Lipinski definition) is 2. The predicted molar refractivity (Wildman–Crippen MR) is 102 cm³/mol. The molecule has 0 saturated carbocycles. The zero-order valence-corrected chi connectivity index (χ0v) is 15.6. The van der Waals surface area contributed by atoms with Crippen molar-refractivity contribution >= 4 is 11.6 Å². The summed E-state index contributed by atoms with van der Waals surface area (Å²) in [6.45, 7) is 8.64. The molecule has 1 aromatic carbocycles. The topological polar surface area (TPSA) is 61.6 Å². The number of primary amides is 1. The molecule has 1 unspecified atom stereocenters. The third-order valence-electron chi connectivity index (χ3n) is 5.64. The van der Waals surface area contributed by atoms with Crippen molar-refractivity contribution in [2.75, 3.05) is 25.0 Å². The SMILES string of the molecule is CC(C)N1CCC(Nc2cccc(CN3CCCC3C(N)=O)c2)CC1. The Labute approximate surface area is 151 Å². The molecule has 0 spiro atoms. The largest absolute Gasteiger partial charge is 0.382 e. The van der Waals surface area contributed by atoms with Crippen LogP contribution in [0.25, 0.3) is 0 Å². The van der Waals surface area contributed by atoms with Gasteiger partial charge in [-0.25, -0.2) is 0 Å². The normalized spacial score (nSPS) is 23.2. The first kappa shape index (κ1) is 18.2. The van der Waals surface area contributed by atoms with Crippen molar-refractivity contribution in [2.24, 2.45) is 5.73 Å². The number of likely N-dealkylation sites (tertiary alicyclic amines) is 2. The number of hydrogen-bond acceptors (Lipinski definition) is 4. The zero-order valence-electron chi connectivity index (χ0n) is 15.6. The van der Waals surface area contributed by atoms with E-state index in [0.29, 0.717) is 12.1 Å². The van der Waals surface area contributed by atoms with Gasteiger partial charge in [0.1, 0.15) is 0 Å². The first-order valence-corrected chi connectivity index (χ1v) is 9.66. The molecule has 5 nitrogen and oxygen atoms in total. The molecule has 2 heterocycles. The Hall–Kier alpha value is -1.59. The van der Waals surface area contributed by atoms with Gasteiger partial charge < -0.3 is 16.0 Å². The van der Waals surface area contributed by atoms with Crippen LogP contribution in [0.2, 0.25) is 0 Å². The van der Waals surface area contributed by atoms with E-state index in [-0.39, 0.29) is 11.9 Å². The molecule has 2 saturated heterocycles. The van der Waals surface area contributed by atoms with Gasteiger partial charge in [0, 0.05) is 37.4 Å². The molecule has 2 aliphatic rings. The average Bonchev–Trinajstić information content (AvgIpc) is 3.04. The van der Waals surface area contributed by atoms with Crippen LogP contribution in [0.3, 0.4) is 0 Å². The summed E-state index contributed by atoms with van der Waals surface area (Å²) in [7, 11) is 0. The first-order chi connectivity index (χ1) is 12.0. The molecular formula is C20H32N4O.